The molecule has 62 valence electrons. The maximum absolute atomic E-state index is 5.41. The van der Waals surface area contributed by atoms with Crippen LogP contribution in [0, 0.1) is 6.92 Å². The van der Waals surface area contributed by atoms with Crippen LogP contribution in [-0.4, -0.2) is 12.8 Å². The predicted molar refractivity (Wildman–Crippen MR) is 52.1 cm³/mol. The van der Waals surface area contributed by atoms with Gasteiger partial charge in [0.15, 0.2) is 5.75 Å². The summed E-state index contributed by atoms with van der Waals surface area (Å²) in [6.45, 7) is 2.55. The van der Waals surface area contributed by atoms with Crippen LogP contribution in [0.25, 0.3) is 0 Å². The molecule has 3 heteroatoms. The van der Waals surface area contributed by atoms with Gasteiger partial charge in [0, 0.05) is 6.21 Å². The molecule has 0 bridgehead atoms. The molecule has 1 aromatic rings. The molecule has 12 heavy (non-hydrogen) atoms. The first-order valence-corrected chi connectivity index (χ1v) is 4.21. The summed E-state index contributed by atoms with van der Waals surface area (Å²) in [6.07, 6.45) is 1.75. The normalized spacial score (nSPS) is 13.8. The molecule has 1 aliphatic heterocycles. The minimum absolute atomic E-state index is 0.546. The Morgan fingerprint density at radius 3 is 3.17 bits per heavy atom. The van der Waals surface area contributed by atoms with Gasteiger partial charge >= 0.3 is 0 Å². The largest absolute Gasteiger partial charge is 0.484 e. The van der Waals surface area contributed by atoms with Crippen molar-refractivity contribution >= 4 is 24.5 Å². The Hall–Kier alpha value is -0.960. The van der Waals surface area contributed by atoms with Crippen molar-refractivity contribution in [3.63, 3.8) is 0 Å². The van der Waals surface area contributed by atoms with Gasteiger partial charge in [0.25, 0.3) is 0 Å². The lowest BCUT2D eigenvalue weighted by Crippen LogP contribution is -2.03. The van der Waals surface area contributed by atoms with E-state index in [1.165, 1.54) is 0 Å². The van der Waals surface area contributed by atoms with Gasteiger partial charge in [-0.1, -0.05) is 6.07 Å². The summed E-state index contributed by atoms with van der Waals surface area (Å²) < 4.78 is 5.41. The molecular formula is C9H9NOS. The van der Waals surface area contributed by atoms with Crippen molar-refractivity contribution in [2.45, 2.75) is 11.8 Å². The summed E-state index contributed by atoms with van der Waals surface area (Å²) in [5.74, 6) is 0.806. The molecule has 1 heterocycles. The van der Waals surface area contributed by atoms with Crippen molar-refractivity contribution in [2.24, 2.45) is 4.99 Å². The lowest BCUT2D eigenvalue weighted by atomic mass is 10.2. The van der Waals surface area contributed by atoms with Crippen LogP contribution in [-0.2, 0) is 0 Å². The monoisotopic (exact) mass is 179 g/mol. The highest BCUT2D eigenvalue weighted by molar-refractivity contribution is 7.80. The van der Waals surface area contributed by atoms with Crippen molar-refractivity contribution in [3.05, 3.63) is 17.7 Å². The predicted octanol–water partition coefficient (Wildman–Crippen LogP) is 2.38. The number of benzene rings is 1. The van der Waals surface area contributed by atoms with Crippen LogP contribution in [0.3, 0.4) is 0 Å². The summed E-state index contributed by atoms with van der Waals surface area (Å²) in [7, 11) is 0. The molecule has 0 aromatic heterocycles. The second-order valence-electron chi connectivity index (χ2n) is 2.70. The molecule has 0 N–H and O–H groups in total. The molecule has 1 aromatic carbocycles. The second kappa shape index (κ2) is 2.83. The summed E-state index contributed by atoms with van der Waals surface area (Å²) in [5.41, 5.74) is 1.99. The lowest BCUT2D eigenvalue weighted by Gasteiger charge is -2.14. The Morgan fingerprint density at radius 1 is 1.50 bits per heavy atom. The Labute approximate surface area is 76.7 Å². The van der Waals surface area contributed by atoms with E-state index in [9.17, 15) is 0 Å². The Bertz CT molecular complexity index is 347. The van der Waals surface area contributed by atoms with Gasteiger partial charge in [-0.05, 0) is 18.6 Å². The van der Waals surface area contributed by atoms with Gasteiger partial charge in [0.2, 0.25) is 0 Å². The van der Waals surface area contributed by atoms with Crippen molar-refractivity contribution in [1.82, 2.24) is 0 Å². The van der Waals surface area contributed by atoms with Crippen LogP contribution in [0.1, 0.15) is 5.56 Å². The van der Waals surface area contributed by atoms with Crippen LogP contribution in [0.4, 0.5) is 5.69 Å². The smallest absolute Gasteiger partial charge is 0.158 e. The zero-order chi connectivity index (χ0) is 8.55. The van der Waals surface area contributed by atoms with Gasteiger partial charge in [-0.3, -0.25) is 4.99 Å². The third kappa shape index (κ3) is 1.10. The van der Waals surface area contributed by atoms with Gasteiger partial charge in [-0.25, -0.2) is 0 Å². The Kier molecular flexibility index (Phi) is 1.81. The average molecular weight is 179 g/mol. The van der Waals surface area contributed by atoms with Crippen LogP contribution in [0.5, 0.6) is 5.75 Å². The van der Waals surface area contributed by atoms with Crippen LogP contribution < -0.4 is 4.74 Å². The van der Waals surface area contributed by atoms with Gasteiger partial charge in [0.05, 0.1) is 4.90 Å². The Morgan fingerprint density at radius 2 is 2.33 bits per heavy atom. The minimum Gasteiger partial charge on any atom is -0.484 e. The average Bonchev–Trinajstić information content (AvgIpc) is 2.12. The van der Waals surface area contributed by atoms with E-state index >= 15 is 0 Å². The molecule has 0 amide bonds. The van der Waals surface area contributed by atoms with Crippen molar-refractivity contribution in [3.8, 4) is 5.75 Å². The van der Waals surface area contributed by atoms with Gasteiger partial charge in [0.1, 0.15) is 12.3 Å². The number of thiol groups is 1. The van der Waals surface area contributed by atoms with E-state index in [1.54, 1.807) is 6.21 Å². The number of hydrogen-bond donors (Lipinski definition) is 1. The lowest BCUT2D eigenvalue weighted by molar-refractivity contribution is 0.367. The maximum atomic E-state index is 5.41. The molecule has 1 aliphatic rings. The first-order valence-electron chi connectivity index (χ1n) is 3.77. The number of rotatable bonds is 0. The van der Waals surface area contributed by atoms with E-state index in [2.05, 4.69) is 17.6 Å². The fraction of sp³-hybridized carbons (Fsp3) is 0.222. The molecule has 0 radical (unpaired) electrons. The number of aryl methyl sites for hydroxylation is 1. The van der Waals surface area contributed by atoms with Crippen LogP contribution in [0.2, 0.25) is 0 Å². The summed E-state index contributed by atoms with van der Waals surface area (Å²) >= 11 is 4.35. The van der Waals surface area contributed by atoms with Crippen LogP contribution >= 0.6 is 12.6 Å². The maximum Gasteiger partial charge on any atom is 0.158 e. The SMILES string of the molecule is Cc1ccc2c(c1S)OCC=N2. The quantitative estimate of drug-likeness (QED) is 0.607. The summed E-state index contributed by atoms with van der Waals surface area (Å²) in [5, 5.41) is 0. The highest BCUT2D eigenvalue weighted by atomic mass is 32.1. The fourth-order valence-electron chi connectivity index (χ4n) is 1.16. The number of hydrogen-bond acceptors (Lipinski definition) is 3. The van der Waals surface area contributed by atoms with Gasteiger partial charge in [-0.15, -0.1) is 12.6 Å². The standard InChI is InChI=1S/C9H9NOS/c1-6-2-3-7-8(9(6)12)11-5-4-10-7/h2-4,12H,5H2,1H3. The van der Waals surface area contributed by atoms with Gasteiger partial charge in [-0.2, -0.15) is 0 Å². The molecule has 2 rings (SSSR count). The van der Waals surface area contributed by atoms with E-state index in [4.69, 9.17) is 4.74 Å². The molecule has 0 atom stereocenters. The third-order valence-corrected chi connectivity index (χ3v) is 2.40. The topological polar surface area (TPSA) is 21.6 Å². The van der Waals surface area contributed by atoms with Crippen molar-refractivity contribution in [2.75, 3.05) is 6.61 Å². The number of fused-ring (bicyclic) bond motifs is 1. The zero-order valence-corrected chi connectivity index (χ0v) is 7.64. The molecule has 0 saturated heterocycles. The van der Waals surface area contributed by atoms with Crippen molar-refractivity contribution in [1.29, 1.82) is 0 Å². The highest BCUT2D eigenvalue weighted by Gasteiger charge is 2.11. The third-order valence-electron chi connectivity index (χ3n) is 1.85. The second-order valence-corrected chi connectivity index (χ2v) is 3.15. The first kappa shape index (κ1) is 7.68. The summed E-state index contributed by atoms with van der Waals surface area (Å²) in [4.78, 5) is 5.09. The van der Waals surface area contributed by atoms with E-state index in [0.717, 1.165) is 21.9 Å². The molecule has 0 unspecified atom stereocenters. The van der Waals surface area contributed by atoms with E-state index in [1.807, 2.05) is 19.1 Å². The van der Waals surface area contributed by atoms with Crippen molar-refractivity contribution < 1.29 is 4.74 Å². The molecular weight excluding hydrogens is 170 g/mol. The van der Waals surface area contributed by atoms with E-state index in [0.29, 0.717) is 6.61 Å². The molecule has 0 fully saturated rings. The zero-order valence-electron chi connectivity index (χ0n) is 6.74. The van der Waals surface area contributed by atoms with E-state index in [-0.39, 0.29) is 0 Å². The van der Waals surface area contributed by atoms with Gasteiger partial charge < -0.3 is 4.74 Å². The minimum atomic E-state index is 0.546. The number of nitrogens with zero attached hydrogens (tertiary/aromatic N) is 1. The molecule has 0 aliphatic carbocycles. The first-order chi connectivity index (χ1) is 5.79. The molecule has 2 nitrogen and oxygen atoms in total. The van der Waals surface area contributed by atoms with Crippen LogP contribution in [0.15, 0.2) is 22.0 Å². The number of aliphatic imine (C=N–C) groups is 1. The Balaban J connectivity index is 2.63. The molecule has 0 spiro atoms. The fourth-order valence-corrected chi connectivity index (χ4v) is 1.41. The highest BCUT2D eigenvalue weighted by Crippen LogP contribution is 2.37. The molecule has 0 saturated carbocycles. The number of ether oxygens (including phenoxy) is 1. The van der Waals surface area contributed by atoms with E-state index < -0.39 is 0 Å². The summed E-state index contributed by atoms with van der Waals surface area (Å²) in [6, 6.07) is 3.94.